The van der Waals surface area contributed by atoms with Crippen LogP contribution in [0.4, 0.5) is 10.1 Å². The maximum absolute atomic E-state index is 12.7. The van der Waals surface area contributed by atoms with E-state index < -0.39 is 16.0 Å². The van der Waals surface area contributed by atoms with Gasteiger partial charge in [-0.25, -0.2) is 4.39 Å². The Balaban J connectivity index is 2.18. The smallest absolute Gasteiger partial charge is 0.271 e. The first kappa shape index (κ1) is 9.42. The second-order valence-electron chi connectivity index (χ2n) is 3.02. The van der Waals surface area contributed by atoms with Gasteiger partial charge in [0.25, 0.3) is 0 Å². The highest BCUT2D eigenvalue weighted by Gasteiger charge is 2.31. The summed E-state index contributed by atoms with van der Waals surface area (Å²) in [4.78, 5) is 0. The van der Waals surface area contributed by atoms with Crippen molar-refractivity contribution in [2.24, 2.45) is 0 Å². The van der Waals surface area contributed by atoms with Crippen LogP contribution in [0, 0.1) is 5.82 Å². The molecule has 1 saturated heterocycles. The summed E-state index contributed by atoms with van der Waals surface area (Å²) in [5, 5.41) is 0. The molecule has 1 aliphatic rings. The number of hydrogen-bond donors (Lipinski definition) is 1. The number of benzene rings is 1. The van der Waals surface area contributed by atoms with Crippen molar-refractivity contribution >= 4 is 15.9 Å². The molecule has 1 fully saturated rings. The fourth-order valence-electron chi connectivity index (χ4n) is 1.05. The Morgan fingerprint density at radius 2 is 2.07 bits per heavy atom. The Bertz CT molecular complexity index is 442. The van der Waals surface area contributed by atoms with E-state index in [1.807, 2.05) is 0 Å². The second kappa shape index (κ2) is 3.21. The third kappa shape index (κ3) is 2.02. The molecule has 0 aromatic heterocycles. The average Bonchev–Trinajstić information content (AvgIpc) is 2.84. The molecule has 2 rings (SSSR count). The van der Waals surface area contributed by atoms with Crippen LogP contribution in [0.1, 0.15) is 0 Å². The average molecular weight is 216 g/mol. The van der Waals surface area contributed by atoms with Gasteiger partial charge < -0.3 is 0 Å². The lowest BCUT2D eigenvalue weighted by Crippen LogP contribution is -2.20. The van der Waals surface area contributed by atoms with Crippen molar-refractivity contribution in [3.05, 3.63) is 30.1 Å². The van der Waals surface area contributed by atoms with Gasteiger partial charge in [0.1, 0.15) is 5.82 Å². The van der Waals surface area contributed by atoms with E-state index in [0.717, 1.165) is 6.07 Å². The summed E-state index contributed by atoms with van der Waals surface area (Å²) >= 11 is 0. The Morgan fingerprint density at radius 1 is 1.36 bits per heavy atom. The normalized spacial score (nSPS) is 16.6. The van der Waals surface area contributed by atoms with Crippen molar-refractivity contribution in [2.75, 3.05) is 17.8 Å². The molecule has 1 aromatic carbocycles. The van der Waals surface area contributed by atoms with Crippen molar-refractivity contribution in [3.8, 4) is 0 Å². The zero-order chi connectivity index (χ0) is 10.2. The number of halogens is 1. The molecule has 4 nitrogen and oxygen atoms in total. The predicted molar refractivity (Wildman–Crippen MR) is 50.5 cm³/mol. The SMILES string of the molecule is O=S(=O)(Nc1cccc(F)c1)N1CC1. The first-order valence-corrected chi connectivity index (χ1v) is 5.55. The summed E-state index contributed by atoms with van der Waals surface area (Å²) in [5.74, 6) is -0.462. The molecular weight excluding hydrogens is 207 g/mol. The van der Waals surface area contributed by atoms with Gasteiger partial charge in [-0.15, -0.1) is 0 Å². The number of nitrogens with zero attached hydrogens (tertiary/aromatic N) is 1. The molecule has 1 aromatic rings. The lowest BCUT2D eigenvalue weighted by atomic mass is 10.3. The fraction of sp³-hybridized carbons (Fsp3) is 0.250. The van der Waals surface area contributed by atoms with Gasteiger partial charge in [-0.05, 0) is 18.2 Å². The monoisotopic (exact) mass is 216 g/mol. The van der Waals surface area contributed by atoms with Crippen LogP contribution >= 0.6 is 0 Å². The summed E-state index contributed by atoms with van der Waals surface area (Å²) in [7, 11) is -3.44. The van der Waals surface area contributed by atoms with Gasteiger partial charge in [0, 0.05) is 13.1 Å². The van der Waals surface area contributed by atoms with Crippen molar-refractivity contribution in [2.45, 2.75) is 0 Å². The van der Waals surface area contributed by atoms with E-state index in [-0.39, 0.29) is 5.69 Å². The first-order valence-electron chi connectivity index (χ1n) is 4.11. The van der Waals surface area contributed by atoms with Crippen molar-refractivity contribution in [1.29, 1.82) is 0 Å². The van der Waals surface area contributed by atoms with Crippen LogP contribution in [-0.4, -0.2) is 25.8 Å². The summed E-state index contributed by atoms with van der Waals surface area (Å²) < 4.78 is 39.0. The molecule has 0 aliphatic carbocycles. The lowest BCUT2D eigenvalue weighted by Gasteiger charge is -2.07. The Hall–Kier alpha value is -1.14. The van der Waals surface area contributed by atoms with Crippen LogP contribution in [0.25, 0.3) is 0 Å². The number of anilines is 1. The molecular formula is C8H9FN2O2S. The number of hydrogen-bond acceptors (Lipinski definition) is 2. The van der Waals surface area contributed by atoms with Gasteiger partial charge >= 0.3 is 10.2 Å². The molecule has 0 bridgehead atoms. The second-order valence-corrected chi connectivity index (χ2v) is 4.69. The van der Waals surface area contributed by atoms with Gasteiger partial charge in [-0.2, -0.15) is 12.7 Å². The molecule has 1 N–H and O–H groups in total. The predicted octanol–water partition coefficient (Wildman–Crippen LogP) is 0.798. The van der Waals surface area contributed by atoms with Crippen molar-refractivity contribution < 1.29 is 12.8 Å². The minimum Gasteiger partial charge on any atom is -0.271 e. The van der Waals surface area contributed by atoms with Crippen molar-refractivity contribution in [1.82, 2.24) is 4.31 Å². The molecule has 6 heteroatoms. The molecule has 0 saturated carbocycles. The van der Waals surface area contributed by atoms with Crippen LogP contribution in [0.15, 0.2) is 24.3 Å². The van der Waals surface area contributed by atoms with Gasteiger partial charge in [-0.1, -0.05) is 6.07 Å². The van der Waals surface area contributed by atoms with Gasteiger partial charge in [-0.3, -0.25) is 4.72 Å². The minimum absolute atomic E-state index is 0.247. The molecule has 0 radical (unpaired) electrons. The highest BCUT2D eigenvalue weighted by molar-refractivity contribution is 7.90. The fourth-order valence-corrected chi connectivity index (χ4v) is 2.16. The lowest BCUT2D eigenvalue weighted by molar-refractivity contribution is 0.569. The maximum Gasteiger partial charge on any atom is 0.301 e. The van der Waals surface area contributed by atoms with Crippen LogP contribution in [0.3, 0.4) is 0 Å². The van der Waals surface area contributed by atoms with Gasteiger partial charge in [0.15, 0.2) is 0 Å². The van der Waals surface area contributed by atoms with Crippen molar-refractivity contribution in [3.63, 3.8) is 0 Å². The zero-order valence-corrected chi connectivity index (χ0v) is 8.09. The van der Waals surface area contributed by atoms with Crippen LogP contribution < -0.4 is 4.72 Å². The summed E-state index contributed by atoms with van der Waals surface area (Å²) in [6.07, 6.45) is 0. The Morgan fingerprint density at radius 3 is 2.64 bits per heavy atom. The first-order chi connectivity index (χ1) is 6.58. The van der Waals surface area contributed by atoms with E-state index in [2.05, 4.69) is 4.72 Å². The quantitative estimate of drug-likeness (QED) is 0.760. The van der Waals surface area contributed by atoms with E-state index >= 15 is 0 Å². The Labute approximate surface area is 81.5 Å². The highest BCUT2D eigenvalue weighted by Crippen LogP contribution is 2.16. The third-order valence-electron chi connectivity index (χ3n) is 1.82. The molecule has 1 heterocycles. The maximum atomic E-state index is 12.7. The van der Waals surface area contributed by atoms with E-state index in [1.54, 1.807) is 0 Å². The van der Waals surface area contributed by atoms with Crippen LogP contribution in [-0.2, 0) is 10.2 Å². The molecule has 0 spiro atoms. The third-order valence-corrected chi connectivity index (χ3v) is 3.36. The summed E-state index contributed by atoms with van der Waals surface area (Å²) in [6.45, 7) is 1.06. The van der Waals surface area contributed by atoms with E-state index in [1.165, 1.54) is 22.5 Å². The Kier molecular flexibility index (Phi) is 2.16. The molecule has 76 valence electrons. The summed E-state index contributed by atoms with van der Waals surface area (Å²) in [5.41, 5.74) is 0.247. The molecule has 14 heavy (non-hydrogen) atoms. The van der Waals surface area contributed by atoms with E-state index in [9.17, 15) is 12.8 Å². The van der Waals surface area contributed by atoms with Gasteiger partial charge in [0.2, 0.25) is 0 Å². The van der Waals surface area contributed by atoms with Crippen LogP contribution in [0.5, 0.6) is 0 Å². The zero-order valence-electron chi connectivity index (χ0n) is 7.27. The number of rotatable bonds is 3. The largest absolute Gasteiger partial charge is 0.301 e. The van der Waals surface area contributed by atoms with E-state index in [0.29, 0.717) is 13.1 Å². The minimum atomic E-state index is -3.44. The number of nitrogens with one attached hydrogen (secondary N) is 1. The van der Waals surface area contributed by atoms with Gasteiger partial charge in [0.05, 0.1) is 5.69 Å². The molecule has 1 aliphatic heterocycles. The highest BCUT2D eigenvalue weighted by atomic mass is 32.2. The standard InChI is InChI=1S/C8H9FN2O2S/c9-7-2-1-3-8(6-7)10-14(12,13)11-4-5-11/h1-3,6,10H,4-5H2. The molecule has 0 atom stereocenters. The topological polar surface area (TPSA) is 49.2 Å². The van der Waals surface area contributed by atoms with Crippen LogP contribution in [0.2, 0.25) is 0 Å². The van der Waals surface area contributed by atoms with E-state index in [4.69, 9.17) is 0 Å². The molecule has 0 unspecified atom stereocenters. The molecule has 0 amide bonds. The summed E-state index contributed by atoms with van der Waals surface area (Å²) in [6, 6.07) is 5.36.